The number of carbonyl (C=O) groups excluding carboxylic acids is 1. The zero-order valence-corrected chi connectivity index (χ0v) is 19.9. The second-order valence-electron chi connectivity index (χ2n) is 7.06. The number of sulfonamides is 1. The number of nitrogens with zero attached hydrogens (tertiary/aromatic N) is 3. The predicted octanol–water partition coefficient (Wildman–Crippen LogP) is 3.45. The minimum absolute atomic E-state index is 0.0960. The zero-order chi connectivity index (χ0) is 23.8. The molecule has 11 heteroatoms. The number of carbonyl (C=O) groups is 1. The van der Waals surface area contributed by atoms with Gasteiger partial charge in [0.05, 0.1) is 10.6 Å². The van der Waals surface area contributed by atoms with E-state index < -0.39 is 10.0 Å². The minimum Gasteiger partial charge on any atom is -0.377 e. The third kappa shape index (κ3) is 6.67. The van der Waals surface area contributed by atoms with Gasteiger partial charge in [-0.1, -0.05) is 35.5 Å². The summed E-state index contributed by atoms with van der Waals surface area (Å²) >= 11 is 1.24. The number of ether oxygens (including phenoxy) is 1. The number of allylic oxidation sites excluding steroid dienone is 1. The highest BCUT2D eigenvalue weighted by atomic mass is 32.2. The fourth-order valence-electron chi connectivity index (χ4n) is 2.85. The van der Waals surface area contributed by atoms with Crippen LogP contribution in [0.3, 0.4) is 0 Å². The van der Waals surface area contributed by atoms with Gasteiger partial charge in [-0.05, 0) is 43.3 Å². The van der Waals surface area contributed by atoms with Crippen LogP contribution in [0, 0.1) is 6.92 Å². The van der Waals surface area contributed by atoms with Gasteiger partial charge in [0.2, 0.25) is 5.91 Å². The minimum atomic E-state index is -3.73. The fraction of sp³-hybridized carbons (Fsp3) is 0.227. The first-order valence-corrected chi connectivity index (χ1v) is 12.4. The van der Waals surface area contributed by atoms with Crippen molar-refractivity contribution < 1.29 is 17.9 Å². The van der Waals surface area contributed by atoms with E-state index in [1.54, 1.807) is 37.5 Å². The molecule has 1 amide bonds. The molecule has 0 unspecified atom stereocenters. The summed E-state index contributed by atoms with van der Waals surface area (Å²) in [6, 6.07) is 13.0. The average molecular weight is 488 g/mol. The summed E-state index contributed by atoms with van der Waals surface area (Å²) in [6.07, 6.45) is 1.72. The molecule has 0 fully saturated rings. The Morgan fingerprint density at radius 3 is 2.42 bits per heavy atom. The number of thioether (sulfide) groups is 1. The van der Waals surface area contributed by atoms with Gasteiger partial charge >= 0.3 is 0 Å². The second-order valence-corrected chi connectivity index (χ2v) is 9.69. The largest absolute Gasteiger partial charge is 0.377 e. The lowest BCUT2D eigenvalue weighted by Gasteiger charge is -2.10. The Morgan fingerprint density at radius 1 is 1.12 bits per heavy atom. The number of methoxy groups -OCH3 is 1. The van der Waals surface area contributed by atoms with E-state index in [9.17, 15) is 13.2 Å². The molecule has 0 bridgehead atoms. The molecule has 0 saturated heterocycles. The van der Waals surface area contributed by atoms with Gasteiger partial charge < -0.3 is 14.6 Å². The maximum absolute atomic E-state index is 12.6. The molecular formula is C22H25N5O4S2. The predicted molar refractivity (Wildman–Crippen MR) is 129 cm³/mol. The SMILES string of the molecule is C=CCn1c(COC)nnc1SCC(=O)Nc1ccc(S(=O)(=O)Nc2ccc(C)cc2)cc1. The third-order valence-electron chi connectivity index (χ3n) is 4.46. The van der Waals surface area contributed by atoms with Crippen molar-refractivity contribution in [3.05, 3.63) is 72.6 Å². The molecular weight excluding hydrogens is 462 g/mol. The van der Waals surface area contributed by atoms with Gasteiger partial charge in [0, 0.05) is 25.0 Å². The fourth-order valence-corrected chi connectivity index (χ4v) is 4.68. The lowest BCUT2D eigenvalue weighted by molar-refractivity contribution is -0.113. The van der Waals surface area contributed by atoms with Crippen LogP contribution in [-0.4, -0.2) is 42.0 Å². The summed E-state index contributed by atoms with van der Waals surface area (Å²) in [5.74, 6) is 0.503. The summed E-state index contributed by atoms with van der Waals surface area (Å²) in [6.45, 7) is 6.46. The van der Waals surface area contributed by atoms with Crippen LogP contribution in [0.4, 0.5) is 11.4 Å². The molecule has 3 rings (SSSR count). The van der Waals surface area contributed by atoms with E-state index in [-0.39, 0.29) is 16.6 Å². The smallest absolute Gasteiger partial charge is 0.261 e. The Morgan fingerprint density at radius 2 is 1.79 bits per heavy atom. The van der Waals surface area contributed by atoms with Crippen LogP contribution in [0.2, 0.25) is 0 Å². The molecule has 2 N–H and O–H groups in total. The summed E-state index contributed by atoms with van der Waals surface area (Å²) in [5, 5.41) is 11.5. The van der Waals surface area contributed by atoms with Gasteiger partial charge in [-0.15, -0.1) is 16.8 Å². The van der Waals surface area contributed by atoms with Crippen molar-refractivity contribution in [2.75, 3.05) is 22.9 Å². The van der Waals surface area contributed by atoms with Crippen molar-refractivity contribution in [3.8, 4) is 0 Å². The van der Waals surface area contributed by atoms with Gasteiger partial charge in [-0.25, -0.2) is 8.42 Å². The van der Waals surface area contributed by atoms with Crippen molar-refractivity contribution in [3.63, 3.8) is 0 Å². The van der Waals surface area contributed by atoms with Crippen LogP contribution in [0.1, 0.15) is 11.4 Å². The van der Waals surface area contributed by atoms with Crippen molar-refractivity contribution >= 4 is 39.1 Å². The Balaban J connectivity index is 1.59. The maximum Gasteiger partial charge on any atom is 0.261 e. The Bertz CT molecular complexity index is 1210. The van der Waals surface area contributed by atoms with E-state index >= 15 is 0 Å². The van der Waals surface area contributed by atoms with Gasteiger partial charge in [-0.2, -0.15) is 0 Å². The van der Waals surface area contributed by atoms with Crippen LogP contribution >= 0.6 is 11.8 Å². The highest BCUT2D eigenvalue weighted by Gasteiger charge is 2.16. The van der Waals surface area contributed by atoms with Crippen LogP contribution in [-0.2, 0) is 32.7 Å². The van der Waals surface area contributed by atoms with Crippen LogP contribution in [0.5, 0.6) is 0 Å². The Labute approximate surface area is 197 Å². The third-order valence-corrected chi connectivity index (χ3v) is 6.83. The number of amides is 1. The topological polar surface area (TPSA) is 115 Å². The maximum atomic E-state index is 12.6. The van der Waals surface area contributed by atoms with Crippen molar-refractivity contribution in [2.45, 2.75) is 30.1 Å². The summed E-state index contributed by atoms with van der Waals surface area (Å²) in [7, 11) is -2.16. The first-order chi connectivity index (χ1) is 15.8. The number of hydrogen-bond donors (Lipinski definition) is 2. The van der Waals surface area contributed by atoms with Crippen molar-refractivity contribution in [2.24, 2.45) is 0 Å². The van der Waals surface area contributed by atoms with Crippen molar-refractivity contribution in [1.82, 2.24) is 14.8 Å². The molecule has 33 heavy (non-hydrogen) atoms. The molecule has 0 atom stereocenters. The van der Waals surface area contributed by atoms with E-state index in [0.29, 0.717) is 35.5 Å². The monoisotopic (exact) mass is 487 g/mol. The quantitative estimate of drug-likeness (QED) is 0.314. The molecule has 2 aromatic carbocycles. The normalized spacial score (nSPS) is 11.2. The highest BCUT2D eigenvalue weighted by Crippen LogP contribution is 2.20. The summed E-state index contributed by atoms with van der Waals surface area (Å²) < 4.78 is 34.6. The van der Waals surface area contributed by atoms with Crippen LogP contribution in [0.15, 0.2) is 71.2 Å². The number of nitrogens with one attached hydrogen (secondary N) is 2. The van der Waals surface area contributed by atoms with E-state index in [1.807, 2.05) is 23.6 Å². The number of anilines is 2. The average Bonchev–Trinajstić information content (AvgIpc) is 3.16. The van der Waals surface area contributed by atoms with Crippen LogP contribution in [0.25, 0.3) is 0 Å². The highest BCUT2D eigenvalue weighted by molar-refractivity contribution is 7.99. The van der Waals surface area contributed by atoms with Crippen LogP contribution < -0.4 is 10.0 Å². The molecule has 0 aliphatic carbocycles. The van der Waals surface area contributed by atoms with E-state index in [1.165, 1.54) is 23.9 Å². The van der Waals surface area contributed by atoms with Gasteiger partial charge in [0.1, 0.15) is 6.61 Å². The molecule has 0 spiro atoms. The number of rotatable bonds is 11. The molecule has 0 saturated carbocycles. The number of benzene rings is 2. The van der Waals surface area contributed by atoms with E-state index in [4.69, 9.17) is 4.74 Å². The molecule has 1 heterocycles. The first-order valence-electron chi connectivity index (χ1n) is 9.96. The first kappa shape index (κ1) is 24.5. The summed E-state index contributed by atoms with van der Waals surface area (Å²) in [5.41, 5.74) is 2.00. The molecule has 0 aliphatic heterocycles. The number of aromatic nitrogens is 3. The van der Waals surface area contributed by atoms with Crippen molar-refractivity contribution in [1.29, 1.82) is 0 Å². The molecule has 1 aromatic heterocycles. The number of aryl methyl sites for hydroxylation is 1. The Hall–Kier alpha value is -3.15. The standard InChI is InChI=1S/C22H25N5O4S2/c1-4-13-27-20(14-31-3)24-25-22(27)32-15-21(28)23-17-9-11-19(12-10-17)33(29,30)26-18-7-5-16(2)6-8-18/h4-12,26H,1,13-15H2,2-3H3,(H,23,28). The number of hydrogen-bond acceptors (Lipinski definition) is 7. The lowest BCUT2D eigenvalue weighted by Crippen LogP contribution is -2.16. The second kappa shape index (κ2) is 11.1. The summed E-state index contributed by atoms with van der Waals surface area (Å²) in [4.78, 5) is 12.5. The van der Waals surface area contributed by atoms with E-state index in [0.717, 1.165) is 5.56 Å². The Kier molecular flexibility index (Phi) is 8.26. The molecule has 9 nitrogen and oxygen atoms in total. The molecule has 0 aliphatic rings. The molecule has 174 valence electrons. The molecule has 0 radical (unpaired) electrons. The lowest BCUT2D eigenvalue weighted by atomic mass is 10.2. The van der Waals surface area contributed by atoms with Gasteiger partial charge in [-0.3, -0.25) is 9.52 Å². The van der Waals surface area contributed by atoms with E-state index in [2.05, 4.69) is 26.8 Å². The zero-order valence-electron chi connectivity index (χ0n) is 18.3. The van der Waals surface area contributed by atoms with Gasteiger partial charge in [0.15, 0.2) is 11.0 Å². The van der Waals surface area contributed by atoms with Gasteiger partial charge in [0.25, 0.3) is 10.0 Å². The molecule has 3 aromatic rings.